The second kappa shape index (κ2) is 5.84. The van der Waals surface area contributed by atoms with Crippen molar-refractivity contribution in [3.8, 4) is 5.75 Å². The maximum atomic E-state index is 13.3. The van der Waals surface area contributed by atoms with Crippen molar-refractivity contribution in [1.82, 2.24) is 0 Å². The molecule has 0 aliphatic rings. The summed E-state index contributed by atoms with van der Waals surface area (Å²) in [7, 11) is 0. The van der Waals surface area contributed by atoms with Gasteiger partial charge in [0.05, 0.1) is 12.6 Å². The molecule has 0 amide bonds. The average Bonchev–Trinajstić information content (AvgIpc) is 2.90. The summed E-state index contributed by atoms with van der Waals surface area (Å²) in [5, 5.41) is 1.02. The minimum atomic E-state index is -0.231. The molecule has 3 aromatic rings. The van der Waals surface area contributed by atoms with Gasteiger partial charge in [-0.2, -0.15) is 0 Å². The summed E-state index contributed by atoms with van der Waals surface area (Å²) in [4.78, 5) is 1.02. The van der Waals surface area contributed by atoms with Gasteiger partial charge in [-0.05, 0) is 48.2 Å². The van der Waals surface area contributed by atoms with E-state index in [-0.39, 0.29) is 11.9 Å². The Morgan fingerprint density at radius 3 is 2.86 bits per heavy atom. The maximum absolute atomic E-state index is 13.3. The number of hydrogen-bond acceptors (Lipinski definition) is 3. The molecule has 0 fully saturated rings. The Morgan fingerprint density at radius 2 is 2.05 bits per heavy atom. The fraction of sp³-hybridized carbons (Fsp3) is 0.176. The quantitative estimate of drug-likeness (QED) is 0.770. The number of nitrogens with two attached hydrogens (primary N) is 1. The fourth-order valence-electron chi connectivity index (χ4n) is 2.31. The number of benzene rings is 2. The van der Waals surface area contributed by atoms with Crippen LogP contribution in [-0.4, -0.2) is 6.61 Å². The van der Waals surface area contributed by atoms with Gasteiger partial charge < -0.3 is 10.5 Å². The molecule has 21 heavy (non-hydrogen) atoms. The molecule has 0 saturated carbocycles. The van der Waals surface area contributed by atoms with Crippen LogP contribution in [-0.2, 0) is 0 Å². The minimum absolute atomic E-state index is 0.220. The smallest absolute Gasteiger partial charge is 0.124 e. The molecule has 1 aromatic heterocycles. The first-order valence-electron chi connectivity index (χ1n) is 6.84. The highest BCUT2D eigenvalue weighted by molar-refractivity contribution is 7.19. The van der Waals surface area contributed by atoms with Crippen LogP contribution in [0.5, 0.6) is 5.75 Å². The molecule has 0 aliphatic heterocycles. The first-order valence-corrected chi connectivity index (χ1v) is 7.66. The third kappa shape index (κ3) is 2.91. The Kier molecular flexibility index (Phi) is 3.90. The van der Waals surface area contributed by atoms with E-state index in [1.807, 2.05) is 37.3 Å². The predicted molar refractivity (Wildman–Crippen MR) is 85.4 cm³/mol. The van der Waals surface area contributed by atoms with E-state index in [0.29, 0.717) is 6.61 Å². The highest BCUT2D eigenvalue weighted by atomic mass is 32.1. The normalized spacial score (nSPS) is 12.5. The molecule has 1 heterocycles. The van der Waals surface area contributed by atoms with E-state index in [1.54, 1.807) is 12.1 Å². The lowest BCUT2D eigenvalue weighted by Gasteiger charge is -2.11. The number of thiophene rings is 1. The SMILES string of the molecule is CCOc1cccc(C(N)c2cc3ccc(F)cc3s2)c1. The van der Waals surface area contributed by atoms with Gasteiger partial charge in [0.25, 0.3) is 0 Å². The summed E-state index contributed by atoms with van der Waals surface area (Å²) >= 11 is 1.53. The zero-order chi connectivity index (χ0) is 14.8. The van der Waals surface area contributed by atoms with Crippen molar-refractivity contribution < 1.29 is 9.13 Å². The Hall–Kier alpha value is -1.91. The molecule has 2 N–H and O–H groups in total. The van der Waals surface area contributed by atoms with Crippen molar-refractivity contribution in [3.63, 3.8) is 0 Å². The number of fused-ring (bicyclic) bond motifs is 1. The zero-order valence-electron chi connectivity index (χ0n) is 11.7. The number of ether oxygens (including phenoxy) is 1. The van der Waals surface area contributed by atoms with E-state index in [2.05, 4.69) is 0 Å². The summed E-state index contributed by atoms with van der Waals surface area (Å²) in [6, 6.07) is 14.4. The van der Waals surface area contributed by atoms with Gasteiger partial charge >= 0.3 is 0 Å². The first-order chi connectivity index (χ1) is 10.2. The number of halogens is 1. The van der Waals surface area contributed by atoms with Gasteiger partial charge in [0, 0.05) is 9.58 Å². The average molecular weight is 301 g/mol. The topological polar surface area (TPSA) is 35.2 Å². The van der Waals surface area contributed by atoms with Crippen LogP contribution in [0.4, 0.5) is 4.39 Å². The van der Waals surface area contributed by atoms with Crippen LogP contribution in [0.15, 0.2) is 48.5 Å². The largest absolute Gasteiger partial charge is 0.494 e. The first kappa shape index (κ1) is 14.0. The van der Waals surface area contributed by atoms with E-state index >= 15 is 0 Å². The molecule has 0 spiro atoms. The molecule has 1 unspecified atom stereocenters. The van der Waals surface area contributed by atoms with E-state index in [4.69, 9.17) is 10.5 Å². The van der Waals surface area contributed by atoms with Crippen molar-refractivity contribution in [3.05, 3.63) is 64.8 Å². The summed E-state index contributed by atoms with van der Waals surface area (Å²) in [5.41, 5.74) is 7.34. The van der Waals surface area contributed by atoms with E-state index in [0.717, 1.165) is 26.3 Å². The molecule has 108 valence electrons. The van der Waals surface area contributed by atoms with Crippen molar-refractivity contribution in [2.45, 2.75) is 13.0 Å². The number of rotatable bonds is 4. The van der Waals surface area contributed by atoms with Crippen LogP contribution in [0.2, 0.25) is 0 Å². The molecule has 0 aliphatic carbocycles. The molecule has 0 bridgehead atoms. The highest BCUT2D eigenvalue weighted by Crippen LogP contribution is 2.33. The van der Waals surface area contributed by atoms with Gasteiger partial charge in [0.15, 0.2) is 0 Å². The van der Waals surface area contributed by atoms with Crippen LogP contribution < -0.4 is 10.5 Å². The summed E-state index contributed by atoms with van der Waals surface area (Å²) in [5.74, 6) is 0.598. The van der Waals surface area contributed by atoms with Crippen molar-refractivity contribution in [1.29, 1.82) is 0 Å². The fourth-order valence-corrected chi connectivity index (χ4v) is 3.43. The van der Waals surface area contributed by atoms with Crippen molar-refractivity contribution in [2.75, 3.05) is 6.61 Å². The summed E-state index contributed by atoms with van der Waals surface area (Å²) in [6.45, 7) is 2.58. The zero-order valence-corrected chi connectivity index (χ0v) is 12.5. The third-order valence-electron chi connectivity index (χ3n) is 3.34. The molecular weight excluding hydrogens is 285 g/mol. The lowest BCUT2D eigenvalue weighted by molar-refractivity contribution is 0.340. The van der Waals surface area contributed by atoms with Gasteiger partial charge in [-0.3, -0.25) is 0 Å². The van der Waals surface area contributed by atoms with E-state index in [9.17, 15) is 4.39 Å². The van der Waals surface area contributed by atoms with Crippen molar-refractivity contribution >= 4 is 21.4 Å². The Labute approximate surface area is 127 Å². The predicted octanol–water partition coefficient (Wildman–Crippen LogP) is 4.49. The van der Waals surface area contributed by atoms with Gasteiger partial charge in [-0.15, -0.1) is 11.3 Å². The van der Waals surface area contributed by atoms with E-state index in [1.165, 1.54) is 17.4 Å². The minimum Gasteiger partial charge on any atom is -0.494 e. The van der Waals surface area contributed by atoms with Gasteiger partial charge in [0.1, 0.15) is 11.6 Å². The Bertz CT molecular complexity index is 768. The Morgan fingerprint density at radius 1 is 1.19 bits per heavy atom. The number of hydrogen-bond donors (Lipinski definition) is 1. The molecule has 0 radical (unpaired) electrons. The molecular formula is C17H16FNOS. The van der Waals surface area contributed by atoms with Gasteiger partial charge in [-0.1, -0.05) is 18.2 Å². The molecule has 4 heteroatoms. The second-order valence-corrected chi connectivity index (χ2v) is 5.93. The van der Waals surface area contributed by atoms with Crippen LogP contribution in [0.3, 0.4) is 0 Å². The molecule has 3 rings (SSSR count). The third-order valence-corrected chi connectivity index (χ3v) is 4.52. The van der Waals surface area contributed by atoms with E-state index < -0.39 is 0 Å². The Balaban J connectivity index is 1.95. The highest BCUT2D eigenvalue weighted by Gasteiger charge is 2.13. The lowest BCUT2D eigenvalue weighted by Crippen LogP contribution is -2.10. The second-order valence-electron chi connectivity index (χ2n) is 4.81. The van der Waals surface area contributed by atoms with Gasteiger partial charge in [-0.25, -0.2) is 4.39 Å². The summed E-state index contributed by atoms with van der Waals surface area (Å²) in [6.07, 6.45) is 0. The van der Waals surface area contributed by atoms with Crippen LogP contribution >= 0.6 is 11.3 Å². The summed E-state index contributed by atoms with van der Waals surface area (Å²) < 4.78 is 19.7. The molecule has 0 saturated heterocycles. The lowest BCUT2D eigenvalue weighted by atomic mass is 10.1. The van der Waals surface area contributed by atoms with Crippen LogP contribution in [0.25, 0.3) is 10.1 Å². The monoisotopic (exact) mass is 301 g/mol. The van der Waals surface area contributed by atoms with Crippen LogP contribution in [0.1, 0.15) is 23.4 Å². The van der Waals surface area contributed by atoms with Crippen LogP contribution in [0, 0.1) is 5.82 Å². The maximum Gasteiger partial charge on any atom is 0.124 e. The van der Waals surface area contributed by atoms with Gasteiger partial charge in [0.2, 0.25) is 0 Å². The van der Waals surface area contributed by atoms with Crippen molar-refractivity contribution in [2.24, 2.45) is 5.73 Å². The molecule has 2 aromatic carbocycles. The standard InChI is InChI=1S/C17H16FNOS/c1-2-20-14-5-3-4-12(8-14)17(19)16-9-11-6-7-13(18)10-15(11)21-16/h3-10,17H,2,19H2,1H3. The molecule has 1 atom stereocenters. The molecule has 2 nitrogen and oxygen atoms in total.